The third-order valence-electron chi connectivity index (χ3n) is 11.8. The van der Waals surface area contributed by atoms with Crippen molar-refractivity contribution in [3.05, 3.63) is 11.6 Å². The molecule has 3 fully saturated rings. The Labute approximate surface area is 247 Å². The molecule has 0 aromatic rings. The van der Waals surface area contributed by atoms with Gasteiger partial charge in [0.25, 0.3) is 5.91 Å². The molecular weight excluding hydrogens is 583 g/mol. The van der Waals surface area contributed by atoms with Gasteiger partial charge >= 0.3 is 0 Å². The maximum absolute atomic E-state index is 13.3. The topological polar surface area (TPSA) is 49.3 Å². The van der Waals surface area contributed by atoms with E-state index >= 15 is 0 Å². The van der Waals surface area contributed by atoms with Gasteiger partial charge in [0.15, 0.2) is 0 Å². The highest BCUT2D eigenvalue weighted by Gasteiger charge is 2.60. The summed E-state index contributed by atoms with van der Waals surface area (Å²) in [6.45, 7) is 13.2. The van der Waals surface area contributed by atoms with Crippen LogP contribution in [0.1, 0.15) is 105 Å². The van der Waals surface area contributed by atoms with Crippen LogP contribution in [0, 0.1) is 46.3 Å². The summed E-state index contributed by atoms with van der Waals surface area (Å²) in [4.78, 5) is 13.3. The van der Waals surface area contributed by atoms with Gasteiger partial charge in [0.2, 0.25) is 0 Å². The first-order chi connectivity index (χ1) is 17.6. The number of hydrogen-bond donors (Lipinski definition) is 2. The van der Waals surface area contributed by atoms with Crippen molar-refractivity contribution in [2.75, 3.05) is 27.7 Å². The number of allylic oxidation sites excluding steroid dienone is 1. The number of alkyl halides is 1. The number of carbonyl (C=O) groups is 1. The maximum atomic E-state index is 13.3. The molecular formula is C33H58IN2O2+. The van der Waals surface area contributed by atoms with Gasteiger partial charge in [-0.3, -0.25) is 4.79 Å². The van der Waals surface area contributed by atoms with E-state index in [-0.39, 0.29) is 15.4 Å². The smallest absolute Gasteiger partial charge is 0.253 e. The van der Waals surface area contributed by atoms with Crippen molar-refractivity contribution >= 4 is 28.5 Å². The Morgan fingerprint density at radius 2 is 1.79 bits per heavy atom. The van der Waals surface area contributed by atoms with Crippen molar-refractivity contribution in [2.24, 2.45) is 46.3 Å². The van der Waals surface area contributed by atoms with Crippen molar-refractivity contribution in [2.45, 2.75) is 115 Å². The van der Waals surface area contributed by atoms with Gasteiger partial charge in [0.1, 0.15) is 16.2 Å². The number of likely N-dealkylation sites (N-methyl/N-ethyl adjacent to an activating group) is 1. The minimum Gasteiger partial charge on any atom is -0.380 e. The lowest BCUT2D eigenvalue weighted by Gasteiger charge is -2.59. The zero-order valence-electron chi connectivity index (χ0n) is 25.8. The highest BCUT2D eigenvalue weighted by Crippen LogP contribution is 2.67. The summed E-state index contributed by atoms with van der Waals surface area (Å²) in [5, 5.41) is 14.7. The number of aliphatic hydroxyl groups is 1. The Hall–Kier alpha value is -0.140. The number of nitrogens with zero attached hydrogens (tertiary/aromatic N) is 1. The number of quaternary nitrogens is 1. The number of fused-ring (bicyclic) bond motifs is 5. The van der Waals surface area contributed by atoms with Crippen molar-refractivity contribution in [1.82, 2.24) is 5.32 Å². The first-order valence-corrected chi connectivity index (χ1v) is 17.0. The number of rotatable bonds is 9. The summed E-state index contributed by atoms with van der Waals surface area (Å²) >= 11 is 2.31. The van der Waals surface area contributed by atoms with Crippen molar-refractivity contribution in [3.63, 3.8) is 0 Å². The van der Waals surface area contributed by atoms with Crippen LogP contribution >= 0.6 is 22.6 Å². The van der Waals surface area contributed by atoms with Crippen LogP contribution < -0.4 is 5.32 Å². The van der Waals surface area contributed by atoms with Crippen LogP contribution in [-0.4, -0.2) is 52.8 Å². The Morgan fingerprint density at radius 1 is 1.08 bits per heavy atom. The third-order valence-corrected chi connectivity index (χ3v) is 12.5. The predicted octanol–water partition coefficient (Wildman–Crippen LogP) is 7.34. The van der Waals surface area contributed by atoms with Crippen molar-refractivity contribution in [3.8, 4) is 0 Å². The Morgan fingerprint density at radius 3 is 2.45 bits per heavy atom. The van der Waals surface area contributed by atoms with Gasteiger partial charge in [-0.05, 0) is 91.3 Å². The van der Waals surface area contributed by atoms with Crippen LogP contribution in [0.4, 0.5) is 0 Å². The molecule has 4 rings (SSSR count). The normalized spacial score (nSPS) is 40.6. The molecule has 4 aliphatic rings. The fourth-order valence-corrected chi connectivity index (χ4v) is 11.1. The Bertz CT molecular complexity index is 896. The van der Waals surface area contributed by atoms with Crippen LogP contribution in [-0.2, 0) is 4.79 Å². The molecule has 0 aromatic heterocycles. The predicted molar refractivity (Wildman–Crippen MR) is 167 cm³/mol. The standard InChI is InChI=1S/C33H57IN2O2/c1-22(2)10-9-11-23(3)26-14-15-27-25-13-12-24-20-33(38,30(37)35-29(34)21-36(6,7)8)19-18-31(24,4)28(25)16-17-32(26,27)5/h12,22-23,25-29,38H,9-11,13-21H2,1-8H3/p+1/t23-,25?,26-,27?,28?,29?,31+,32-,33?/m1/s1. The minimum absolute atomic E-state index is 0.0150. The Kier molecular flexibility index (Phi) is 9.14. The molecule has 38 heavy (non-hydrogen) atoms. The fraction of sp³-hybridized carbons (Fsp3) is 0.909. The SMILES string of the molecule is CC(C)CCC[C@@H](C)[C@H]1CCC2C3CC=C4CC(O)(C(=O)NC(I)C[N+](C)(C)C)CC[C@]4(C)C3CC[C@@]21C. The number of carbonyl (C=O) groups excluding carboxylic acids is 1. The number of halogens is 1. The molecule has 5 heteroatoms. The van der Waals surface area contributed by atoms with Crippen molar-refractivity contribution in [1.29, 1.82) is 0 Å². The number of hydrogen-bond acceptors (Lipinski definition) is 2. The molecule has 0 heterocycles. The summed E-state index contributed by atoms with van der Waals surface area (Å²) < 4.78 is 0.803. The molecule has 0 bridgehead atoms. The van der Waals surface area contributed by atoms with Gasteiger partial charge in [-0.2, -0.15) is 0 Å². The average Bonchev–Trinajstić information content (AvgIpc) is 3.15. The molecule has 0 radical (unpaired) electrons. The van der Waals surface area contributed by atoms with E-state index in [4.69, 9.17) is 0 Å². The van der Waals surface area contributed by atoms with Crippen LogP contribution in [0.3, 0.4) is 0 Å². The molecule has 0 saturated heterocycles. The average molecular weight is 642 g/mol. The van der Waals surface area contributed by atoms with Crippen molar-refractivity contribution < 1.29 is 14.4 Å². The molecule has 9 atom stereocenters. The van der Waals surface area contributed by atoms with Gasteiger partial charge in [0.05, 0.1) is 21.1 Å². The molecule has 218 valence electrons. The molecule has 0 aromatic carbocycles. The molecule has 3 saturated carbocycles. The van der Waals surface area contributed by atoms with Gasteiger partial charge in [-0.15, -0.1) is 0 Å². The van der Waals surface area contributed by atoms with E-state index in [0.717, 1.165) is 53.5 Å². The van der Waals surface area contributed by atoms with Crippen LogP contribution in [0.25, 0.3) is 0 Å². The second kappa shape index (κ2) is 11.3. The maximum Gasteiger partial charge on any atom is 0.253 e. The highest BCUT2D eigenvalue weighted by molar-refractivity contribution is 14.1. The first-order valence-electron chi connectivity index (χ1n) is 15.8. The number of nitrogens with one attached hydrogen (secondary N) is 1. The van der Waals surface area contributed by atoms with Crippen LogP contribution in [0.2, 0.25) is 0 Å². The van der Waals surface area contributed by atoms with E-state index < -0.39 is 5.60 Å². The lowest BCUT2D eigenvalue weighted by molar-refractivity contribution is -0.869. The zero-order chi connectivity index (χ0) is 28.1. The second-order valence-electron chi connectivity index (χ2n) is 15.9. The summed E-state index contributed by atoms with van der Waals surface area (Å²) in [5.41, 5.74) is 0.749. The van der Waals surface area contributed by atoms with Gasteiger partial charge in [0, 0.05) is 6.42 Å². The molecule has 5 unspecified atom stereocenters. The number of amides is 1. The molecule has 0 spiro atoms. The molecule has 4 nitrogen and oxygen atoms in total. The fourth-order valence-electron chi connectivity index (χ4n) is 9.67. The van der Waals surface area contributed by atoms with Crippen LogP contribution in [0.5, 0.6) is 0 Å². The van der Waals surface area contributed by atoms with Gasteiger partial charge in [-0.25, -0.2) is 0 Å². The van der Waals surface area contributed by atoms with E-state index in [9.17, 15) is 9.90 Å². The molecule has 1 amide bonds. The minimum atomic E-state index is -1.26. The lowest BCUT2D eigenvalue weighted by atomic mass is 9.46. The summed E-state index contributed by atoms with van der Waals surface area (Å²) in [5.74, 6) is 4.69. The van der Waals surface area contributed by atoms with Gasteiger partial charge < -0.3 is 14.9 Å². The molecule has 0 aliphatic heterocycles. The van der Waals surface area contributed by atoms with Gasteiger partial charge in [-0.1, -0.05) is 88.1 Å². The third kappa shape index (κ3) is 6.05. The summed E-state index contributed by atoms with van der Waals surface area (Å²) in [6.07, 6.45) is 15.3. The second-order valence-corrected chi connectivity index (χ2v) is 17.4. The van der Waals surface area contributed by atoms with E-state index in [0.29, 0.717) is 24.2 Å². The quantitative estimate of drug-likeness (QED) is 0.0911. The summed E-state index contributed by atoms with van der Waals surface area (Å²) in [7, 11) is 6.41. The Balaban J connectivity index is 1.44. The molecule has 2 N–H and O–H groups in total. The van der Waals surface area contributed by atoms with E-state index in [2.05, 4.69) is 89.7 Å². The molecule has 4 aliphatic carbocycles. The van der Waals surface area contributed by atoms with Crippen LogP contribution in [0.15, 0.2) is 11.6 Å². The zero-order valence-corrected chi connectivity index (χ0v) is 27.9. The monoisotopic (exact) mass is 641 g/mol. The largest absolute Gasteiger partial charge is 0.380 e. The highest BCUT2D eigenvalue weighted by atomic mass is 127. The first kappa shape index (κ1) is 30.8. The van der Waals surface area contributed by atoms with E-state index in [1.807, 2.05) is 0 Å². The van der Waals surface area contributed by atoms with E-state index in [1.165, 1.54) is 50.5 Å². The summed E-state index contributed by atoms with van der Waals surface area (Å²) in [6, 6.07) is 0. The van der Waals surface area contributed by atoms with E-state index in [1.54, 1.807) is 0 Å². The lowest BCUT2D eigenvalue weighted by Crippen LogP contribution is -2.57.